The van der Waals surface area contributed by atoms with Crippen LogP contribution in [0.2, 0.25) is 0 Å². The Bertz CT molecular complexity index is 612. The minimum atomic E-state index is 0.383. The van der Waals surface area contributed by atoms with Gasteiger partial charge in [0, 0.05) is 29.3 Å². The average Bonchev–Trinajstić information content (AvgIpc) is 2.93. The van der Waals surface area contributed by atoms with Crippen LogP contribution in [0.1, 0.15) is 23.6 Å². The first-order chi connectivity index (χ1) is 10.3. The van der Waals surface area contributed by atoms with E-state index in [2.05, 4.69) is 74.7 Å². The Morgan fingerprint density at radius 1 is 1.14 bits per heavy atom. The minimum Gasteiger partial charge on any atom is -0.371 e. The lowest BCUT2D eigenvalue weighted by Gasteiger charge is -2.24. The van der Waals surface area contributed by atoms with Gasteiger partial charge in [-0.1, -0.05) is 52.3 Å². The van der Waals surface area contributed by atoms with Crippen LogP contribution in [0.5, 0.6) is 0 Å². The van der Waals surface area contributed by atoms with Gasteiger partial charge in [0.15, 0.2) is 0 Å². The van der Waals surface area contributed by atoms with E-state index in [1.807, 2.05) is 7.05 Å². The molecule has 2 aromatic carbocycles. The first-order valence-electron chi connectivity index (χ1n) is 7.54. The molecule has 1 unspecified atom stereocenters. The van der Waals surface area contributed by atoms with Gasteiger partial charge in [0.05, 0.1) is 0 Å². The number of halogens is 1. The highest BCUT2D eigenvalue weighted by Crippen LogP contribution is 2.30. The minimum absolute atomic E-state index is 0.383. The Labute approximate surface area is 135 Å². The van der Waals surface area contributed by atoms with Crippen molar-refractivity contribution in [3.05, 3.63) is 64.1 Å². The number of anilines is 1. The summed E-state index contributed by atoms with van der Waals surface area (Å²) in [6.07, 6.45) is 2.28. The monoisotopic (exact) mass is 344 g/mol. The number of para-hydroxylation sites is 1. The molecule has 0 radical (unpaired) electrons. The Morgan fingerprint density at radius 2 is 1.90 bits per heavy atom. The Hall–Kier alpha value is -1.32. The number of nitrogens with one attached hydrogen (secondary N) is 1. The van der Waals surface area contributed by atoms with E-state index < -0.39 is 0 Å². The van der Waals surface area contributed by atoms with Crippen LogP contribution in [0.15, 0.2) is 53.0 Å². The second-order valence-electron chi connectivity index (χ2n) is 5.52. The summed E-state index contributed by atoms with van der Waals surface area (Å²) in [6, 6.07) is 17.6. The zero-order valence-electron chi connectivity index (χ0n) is 12.3. The zero-order valence-corrected chi connectivity index (χ0v) is 13.9. The van der Waals surface area contributed by atoms with E-state index in [0.717, 1.165) is 19.5 Å². The summed E-state index contributed by atoms with van der Waals surface area (Å²) in [5, 5.41) is 3.45. The van der Waals surface area contributed by atoms with Gasteiger partial charge in [-0.25, -0.2) is 0 Å². The van der Waals surface area contributed by atoms with Crippen LogP contribution in [0.25, 0.3) is 0 Å². The van der Waals surface area contributed by atoms with Crippen LogP contribution in [-0.2, 0) is 6.42 Å². The SMILES string of the molecule is CNC(CCN1CCc2ccccc21)c1ccccc1Br. The molecule has 0 aromatic heterocycles. The molecule has 0 amide bonds. The van der Waals surface area contributed by atoms with Crippen molar-refractivity contribution in [1.29, 1.82) is 0 Å². The summed E-state index contributed by atoms with van der Waals surface area (Å²) in [5.74, 6) is 0. The summed E-state index contributed by atoms with van der Waals surface area (Å²) in [6.45, 7) is 2.23. The highest BCUT2D eigenvalue weighted by molar-refractivity contribution is 9.10. The molecule has 0 saturated heterocycles. The molecule has 3 heteroatoms. The summed E-state index contributed by atoms with van der Waals surface area (Å²) >= 11 is 3.66. The van der Waals surface area contributed by atoms with Crippen molar-refractivity contribution in [2.75, 3.05) is 25.0 Å². The number of benzene rings is 2. The molecule has 1 atom stereocenters. The van der Waals surface area contributed by atoms with Gasteiger partial charge < -0.3 is 10.2 Å². The zero-order chi connectivity index (χ0) is 14.7. The molecule has 0 bridgehead atoms. The lowest BCUT2D eigenvalue weighted by molar-refractivity contribution is 0.543. The van der Waals surface area contributed by atoms with Crippen molar-refractivity contribution in [3.8, 4) is 0 Å². The summed E-state index contributed by atoms with van der Waals surface area (Å²) < 4.78 is 1.19. The fraction of sp³-hybridized carbons (Fsp3) is 0.333. The van der Waals surface area contributed by atoms with Gasteiger partial charge in [0.2, 0.25) is 0 Å². The molecule has 0 saturated carbocycles. The predicted octanol–water partition coefficient (Wildman–Crippen LogP) is 4.16. The molecule has 0 aliphatic carbocycles. The molecule has 0 fully saturated rings. The van der Waals surface area contributed by atoms with E-state index in [4.69, 9.17) is 0 Å². The molecule has 110 valence electrons. The first kappa shape index (κ1) is 14.6. The molecule has 1 aliphatic rings. The van der Waals surface area contributed by atoms with E-state index in [-0.39, 0.29) is 0 Å². The number of hydrogen-bond acceptors (Lipinski definition) is 2. The molecular formula is C18H21BrN2. The number of hydrogen-bond donors (Lipinski definition) is 1. The topological polar surface area (TPSA) is 15.3 Å². The smallest absolute Gasteiger partial charge is 0.0399 e. The molecule has 0 spiro atoms. The largest absolute Gasteiger partial charge is 0.371 e. The van der Waals surface area contributed by atoms with Crippen molar-refractivity contribution in [2.45, 2.75) is 18.9 Å². The van der Waals surface area contributed by atoms with Crippen LogP contribution in [0, 0.1) is 0 Å². The first-order valence-corrected chi connectivity index (χ1v) is 8.33. The molecule has 1 heterocycles. The van der Waals surface area contributed by atoms with E-state index in [1.54, 1.807) is 0 Å². The highest BCUT2D eigenvalue weighted by Gasteiger charge is 2.20. The summed E-state index contributed by atoms with van der Waals surface area (Å²) in [7, 11) is 2.04. The molecule has 21 heavy (non-hydrogen) atoms. The van der Waals surface area contributed by atoms with Crippen LogP contribution >= 0.6 is 15.9 Å². The van der Waals surface area contributed by atoms with E-state index in [9.17, 15) is 0 Å². The summed E-state index contributed by atoms with van der Waals surface area (Å²) in [5.41, 5.74) is 4.24. The fourth-order valence-electron chi connectivity index (χ4n) is 3.14. The van der Waals surface area contributed by atoms with Crippen LogP contribution in [-0.4, -0.2) is 20.1 Å². The summed E-state index contributed by atoms with van der Waals surface area (Å²) in [4.78, 5) is 2.51. The van der Waals surface area contributed by atoms with Gasteiger partial charge in [-0.15, -0.1) is 0 Å². The standard InChI is InChI=1S/C18H21BrN2/c1-20-17(15-7-3-4-8-16(15)19)11-13-21-12-10-14-6-2-5-9-18(14)21/h2-9,17,20H,10-13H2,1H3. The number of fused-ring (bicyclic) bond motifs is 1. The molecule has 2 aromatic rings. The van der Waals surface area contributed by atoms with E-state index in [1.165, 1.54) is 27.7 Å². The second kappa shape index (κ2) is 6.63. The Morgan fingerprint density at radius 3 is 2.71 bits per heavy atom. The van der Waals surface area contributed by atoms with Gasteiger partial charge in [-0.3, -0.25) is 0 Å². The number of rotatable bonds is 5. The normalized spacial score (nSPS) is 15.0. The van der Waals surface area contributed by atoms with Crippen molar-refractivity contribution >= 4 is 21.6 Å². The van der Waals surface area contributed by atoms with Crippen LogP contribution < -0.4 is 10.2 Å². The average molecular weight is 345 g/mol. The van der Waals surface area contributed by atoms with Crippen LogP contribution in [0.3, 0.4) is 0 Å². The molecule has 2 nitrogen and oxygen atoms in total. The fourth-order valence-corrected chi connectivity index (χ4v) is 3.70. The van der Waals surface area contributed by atoms with Crippen LogP contribution in [0.4, 0.5) is 5.69 Å². The van der Waals surface area contributed by atoms with Gasteiger partial charge >= 0.3 is 0 Å². The maximum atomic E-state index is 3.66. The van der Waals surface area contributed by atoms with Gasteiger partial charge in [0.25, 0.3) is 0 Å². The van der Waals surface area contributed by atoms with Gasteiger partial charge in [-0.05, 0) is 43.1 Å². The maximum absolute atomic E-state index is 3.66. The van der Waals surface area contributed by atoms with E-state index in [0.29, 0.717) is 6.04 Å². The highest BCUT2D eigenvalue weighted by atomic mass is 79.9. The maximum Gasteiger partial charge on any atom is 0.0399 e. The van der Waals surface area contributed by atoms with Gasteiger partial charge in [-0.2, -0.15) is 0 Å². The van der Waals surface area contributed by atoms with Crippen molar-refractivity contribution in [2.24, 2.45) is 0 Å². The van der Waals surface area contributed by atoms with Gasteiger partial charge in [0.1, 0.15) is 0 Å². The quantitative estimate of drug-likeness (QED) is 0.875. The molecule has 3 rings (SSSR count). The molecule has 1 N–H and O–H groups in total. The lowest BCUT2D eigenvalue weighted by Crippen LogP contribution is -2.27. The van der Waals surface area contributed by atoms with Crippen molar-refractivity contribution in [1.82, 2.24) is 5.32 Å². The van der Waals surface area contributed by atoms with Crippen molar-refractivity contribution in [3.63, 3.8) is 0 Å². The molecule has 1 aliphatic heterocycles. The Balaban J connectivity index is 1.68. The molecular weight excluding hydrogens is 324 g/mol. The number of nitrogens with zero attached hydrogens (tertiary/aromatic N) is 1. The lowest BCUT2D eigenvalue weighted by atomic mass is 10.0. The second-order valence-corrected chi connectivity index (χ2v) is 6.37. The predicted molar refractivity (Wildman–Crippen MR) is 92.9 cm³/mol. The third-order valence-electron chi connectivity index (χ3n) is 4.30. The Kier molecular flexibility index (Phi) is 4.61. The third kappa shape index (κ3) is 3.14. The third-order valence-corrected chi connectivity index (χ3v) is 5.02. The van der Waals surface area contributed by atoms with Crippen molar-refractivity contribution < 1.29 is 0 Å². The van der Waals surface area contributed by atoms with E-state index >= 15 is 0 Å².